The van der Waals surface area contributed by atoms with Gasteiger partial charge in [0.25, 0.3) is 0 Å². The van der Waals surface area contributed by atoms with Crippen molar-refractivity contribution in [2.24, 2.45) is 4.99 Å². The summed E-state index contributed by atoms with van der Waals surface area (Å²) in [6.45, 7) is 6.43. The smallest absolute Gasteiger partial charge is 0.193 e. The lowest BCUT2D eigenvalue weighted by Crippen LogP contribution is -2.46. The van der Waals surface area contributed by atoms with Gasteiger partial charge in [0, 0.05) is 55.9 Å². The van der Waals surface area contributed by atoms with Crippen LogP contribution in [0, 0.1) is 0 Å². The summed E-state index contributed by atoms with van der Waals surface area (Å²) < 4.78 is 5.45. The third kappa shape index (κ3) is 4.33. The normalized spacial score (nSPS) is 22.9. The number of hydrogen-bond acceptors (Lipinski definition) is 3. The van der Waals surface area contributed by atoms with Crippen LogP contribution in [0.1, 0.15) is 12.0 Å². The molecule has 3 rings (SSSR count). The fourth-order valence-corrected chi connectivity index (χ4v) is 3.82. The number of morpholine rings is 1. The minimum Gasteiger partial charge on any atom is -0.379 e. The Bertz CT molecular complexity index is 590. The van der Waals surface area contributed by atoms with E-state index in [-0.39, 0.29) is 0 Å². The molecule has 0 radical (unpaired) electrons. The molecule has 1 aromatic rings. The fraction of sp³-hybridized carbons (Fsp3) is 0.588. The molecule has 2 aliphatic rings. The zero-order valence-electron chi connectivity index (χ0n) is 14.0. The molecule has 24 heavy (non-hydrogen) atoms. The second-order valence-corrected chi connectivity index (χ2v) is 7.02. The van der Waals surface area contributed by atoms with Gasteiger partial charge in [-0.25, -0.2) is 0 Å². The molecular weight excluding hydrogens is 347 g/mol. The van der Waals surface area contributed by atoms with Gasteiger partial charge in [-0.05, 0) is 24.1 Å². The van der Waals surface area contributed by atoms with Crippen molar-refractivity contribution < 1.29 is 4.74 Å². The Hall–Kier alpha value is -1.01. The van der Waals surface area contributed by atoms with Crippen LogP contribution in [-0.4, -0.2) is 68.2 Å². The van der Waals surface area contributed by atoms with Gasteiger partial charge in [0.15, 0.2) is 5.96 Å². The molecule has 1 atom stereocenters. The predicted octanol–water partition coefficient (Wildman–Crippen LogP) is 2.48. The van der Waals surface area contributed by atoms with E-state index >= 15 is 0 Å². The van der Waals surface area contributed by atoms with Crippen molar-refractivity contribution in [1.82, 2.24) is 15.1 Å². The summed E-state index contributed by atoms with van der Waals surface area (Å²) >= 11 is 12.2. The number of halogens is 2. The highest BCUT2D eigenvalue weighted by molar-refractivity contribution is 6.35. The van der Waals surface area contributed by atoms with Gasteiger partial charge in [0.05, 0.1) is 13.2 Å². The lowest BCUT2D eigenvalue weighted by atomic mass is 10.2. The van der Waals surface area contributed by atoms with Crippen LogP contribution in [0.5, 0.6) is 0 Å². The summed E-state index contributed by atoms with van der Waals surface area (Å²) in [6, 6.07) is 6.17. The van der Waals surface area contributed by atoms with Gasteiger partial charge >= 0.3 is 0 Å². The Balaban J connectivity index is 1.55. The number of nitrogens with one attached hydrogen (secondary N) is 1. The van der Waals surface area contributed by atoms with Gasteiger partial charge in [-0.15, -0.1) is 0 Å². The number of nitrogens with zero attached hydrogens (tertiary/aromatic N) is 3. The summed E-state index contributed by atoms with van der Waals surface area (Å²) in [6.07, 6.45) is 1.17. The van der Waals surface area contributed by atoms with Crippen molar-refractivity contribution in [2.45, 2.75) is 19.0 Å². The third-order valence-corrected chi connectivity index (χ3v) is 5.28. The van der Waals surface area contributed by atoms with Crippen LogP contribution in [0.2, 0.25) is 10.0 Å². The van der Waals surface area contributed by atoms with E-state index < -0.39 is 0 Å². The summed E-state index contributed by atoms with van der Waals surface area (Å²) in [5.74, 6) is 0.928. The van der Waals surface area contributed by atoms with E-state index in [1.165, 1.54) is 6.42 Å². The lowest BCUT2D eigenvalue weighted by molar-refractivity contribution is 0.0195. The Labute approximate surface area is 153 Å². The van der Waals surface area contributed by atoms with E-state index in [1.54, 1.807) is 6.07 Å². The number of rotatable bonds is 3. The van der Waals surface area contributed by atoms with Crippen LogP contribution >= 0.6 is 23.2 Å². The molecule has 0 spiro atoms. The van der Waals surface area contributed by atoms with Crippen LogP contribution in [0.25, 0.3) is 0 Å². The van der Waals surface area contributed by atoms with Crippen molar-refractivity contribution in [2.75, 3.05) is 46.4 Å². The zero-order chi connectivity index (χ0) is 16.9. The average Bonchev–Trinajstić information content (AvgIpc) is 3.08. The second-order valence-electron chi connectivity index (χ2n) is 6.17. The Morgan fingerprint density at radius 2 is 2.08 bits per heavy atom. The van der Waals surface area contributed by atoms with E-state index in [0.29, 0.717) is 22.6 Å². The molecule has 0 aromatic heterocycles. The van der Waals surface area contributed by atoms with E-state index in [4.69, 9.17) is 27.9 Å². The number of ether oxygens (including phenoxy) is 1. The van der Waals surface area contributed by atoms with Gasteiger partial charge in [-0.2, -0.15) is 0 Å². The van der Waals surface area contributed by atoms with Gasteiger partial charge in [-0.3, -0.25) is 9.89 Å². The highest BCUT2D eigenvalue weighted by atomic mass is 35.5. The molecule has 5 nitrogen and oxygen atoms in total. The molecule has 7 heteroatoms. The van der Waals surface area contributed by atoms with E-state index in [1.807, 2.05) is 19.2 Å². The van der Waals surface area contributed by atoms with Gasteiger partial charge in [0.1, 0.15) is 0 Å². The van der Waals surface area contributed by atoms with Crippen molar-refractivity contribution >= 4 is 29.2 Å². The quantitative estimate of drug-likeness (QED) is 0.655. The number of guanidine groups is 1. The molecule has 132 valence electrons. The Morgan fingerprint density at radius 1 is 1.29 bits per heavy atom. The number of likely N-dealkylation sites (tertiary alicyclic amines) is 1. The topological polar surface area (TPSA) is 40.1 Å². The van der Waals surface area contributed by atoms with Crippen LogP contribution in [0.3, 0.4) is 0 Å². The SMILES string of the molecule is CN=C(NCc1ccc(Cl)cc1Cl)N1CCC(N2CCOCC2)C1. The molecule has 0 bridgehead atoms. The van der Waals surface area contributed by atoms with Crippen molar-refractivity contribution in [3.63, 3.8) is 0 Å². The third-order valence-electron chi connectivity index (χ3n) is 4.69. The predicted molar refractivity (Wildman–Crippen MR) is 99.0 cm³/mol. The van der Waals surface area contributed by atoms with Crippen molar-refractivity contribution in [3.05, 3.63) is 33.8 Å². The van der Waals surface area contributed by atoms with E-state index in [0.717, 1.165) is 50.9 Å². The fourth-order valence-electron chi connectivity index (χ4n) is 3.35. The van der Waals surface area contributed by atoms with Crippen LogP contribution in [0.15, 0.2) is 23.2 Å². The first-order valence-electron chi connectivity index (χ1n) is 8.38. The Kier molecular flexibility index (Phi) is 6.22. The minimum atomic E-state index is 0.589. The molecule has 0 aliphatic carbocycles. The van der Waals surface area contributed by atoms with Gasteiger partial charge in [-0.1, -0.05) is 29.3 Å². The number of aliphatic imine (C=N–C) groups is 1. The molecule has 0 saturated carbocycles. The molecule has 2 saturated heterocycles. The molecular formula is C17H24Cl2N4O. The largest absolute Gasteiger partial charge is 0.379 e. The highest BCUT2D eigenvalue weighted by Crippen LogP contribution is 2.21. The maximum Gasteiger partial charge on any atom is 0.193 e. The summed E-state index contributed by atoms with van der Waals surface area (Å²) in [5.41, 5.74) is 1.02. The summed E-state index contributed by atoms with van der Waals surface area (Å²) in [5, 5.41) is 4.75. The lowest BCUT2D eigenvalue weighted by Gasteiger charge is -2.32. The summed E-state index contributed by atoms with van der Waals surface area (Å²) in [4.78, 5) is 9.29. The maximum atomic E-state index is 6.24. The second kappa shape index (κ2) is 8.39. The van der Waals surface area contributed by atoms with E-state index in [2.05, 4.69) is 20.1 Å². The maximum absolute atomic E-state index is 6.24. The first-order valence-corrected chi connectivity index (χ1v) is 9.14. The molecule has 0 amide bonds. The van der Waals surface area contributed by atoms with Crippen molar-refractivity contribution in [1.29, 1.82) is 0 Å². The molecule has 1 aromatic carbocycles. The minimum absolute atomic E-state index is 0.589. The van der Waals surface area contributed by atoms with Crippen LogP contribution < -0.4 is 5.32 Å². The molecule has 1 N–H and O–H groups in total. The summed E-state index contributed by atoms with van der Waals surface area (Å²) in [7, 11) is 1.83. The standard InChI is InChI=1S/C17H24Cl2N4O/c1-20-17(21-11-13-2-3-14(18)10-16(13)19)23-5-4-15(12-23)22-6-8-24-9-7-22/h2-3,10,15H,4-9,11-12H2,1H3,(H,20,21). The first kappa shape index (κ1) is 17.8. The first-order chi connectivity index (χ1) is 11.7. The molecule has 1 unspecified atom stereocenters. The molecule has 2 fully saturated rings. The number of hydrogen-bond donors (Lipinski definition) is 1. The molecule has 2 aliphatic heterocycles. The van der Waals surface area contributed by atoms with Gasteiger partial charge < -0.3 is 15.0 Å². The zero-order valence-corrected chi connectivity index (χ0v) is 15.5. The number of benzene rings is 1. The monoisotopic (exact) mass is 370 g/mol. The average molecular weight is 371 g/mol. The van der Waals surface area contributed by atoms with Crippen molar-refractivity contribution in [3.8, 4) is 0 Å². The molecule has 2 heterocycles. The van der Waals surface area contributed by atoms with Crippen LogP contribution in [0.4, 0.5) is 0 Å². The van der Waals surface area contributed by atoms with Gasteiger partial charge in [0.2, 0.25) is 0 Å². The Morgan fingerprint density at radius 3 is 2.79 bits per heavy atom. The van der Waals surface area contributed by atoms with Crippen LogP contribution in [-0.2, 0) is 11.3 Å². The van der Waals surface area contributed by atoms with E-state index in [9.17, 15) is 0 Å². The highest BCUT2D eigenvalue weighted by Gasteiger charge is 2.30.